The van der Waals surface area contributed by atoms with Crippen molar-refractivity contribution in [2.75, 3.05) is 18.4 Å². The molecular weight excluding hydrogens is 470 g/mol. The molecule has 5 rings (SSSR count). The first-order valence-electron chi connectivity index (χ1n) is 11.4. The third-order valence-electron chi connectivity index (χ3n) is 6.61. The van der Waals surface area contributed by atoms with Gasteiger partial charge in [0.05, 0.1) is 16.7 Å². The number of aryl methyl sites for hydroxylation is 1. The molecule has 0 amide bonds. The molecule has 2 aromatic carbocycles. The zero-order chi connectivity index (χ0) is 24.6. The molecule has 4 aromatic rings. The Morgan fingerprint density at radius 3 is 2.86 bits per heavy atom. The third-order valence-corrected chi connectivity index (χ3v) is 6.92. The first-order chi connectivity index (χ1) is 16.8. The van der Waals surface area contributed by atoms with Gasteiger partial charge < -0.3 is 10.6 Å². The van der Waals surface area contributed by atoms with Crippen LogP contribution in [-0.4, -0.2) is 38.5 Å². The highest BCUT2D eigenvalue weighted by molar-refractivity contribution is 6.30. The second-order valence-electron chi connectivity index (χ2n) is 8.93. The van der Waals surface area contributed by atoms with Crippen molar-refractivity contribution >= 4 is 39.8 Å². The van der Waals surface area contributed by atoms with Crippen LogP contribution in [-0.2, 0) is 7.05 Å². The molecule has 6 nitrogen and oxygen atoms in total. The van der Waals surface area contributed by atoms with E-state index in [0.717, 1.165) is 27.9 Å². The molecule has 35 heavy (non-hydrogen) atoms. The Bertz CT molecular complexity index is 1400. The second-order valence-corrected chi connectivity index (χ2v) is 9.33. The van der Waals surface area contributed by atoms with Gasteiger partial charge in [0.2, 0.25) is 5.95 Å². The number of nitrogens with zero attached hydrogens (tertiary/aromatic N) is 4. The average Bonchev–Trinajstić information content (AvgIpc) is 3.47. The molecule has 180 valence electrons. The summed E-state index contributed by atoms with van der Waals surface area (Å²) in [7, 11) is 1.83. The number of allylic oxidation sites excluding steroid dienone is 1. The molecule has 1 saturated heterocycles. The van der Waals surface area contributed by atoms with E-state index in [1.165, 1.54) is 12.1 Å². The number of halogens is 3. The number of hydrogen-bond acceptors (Lipinski definition) is 5. The Labute approximate surface area is 207 Å². The quantitative estimate of drug-likeness (QED) is 0.340. The fraction of sp³-hybridized carbons (Fsp3) is 0.269. The molecule has 2 aromatic heterocycles. The van der Waals surface area contributed by atoms with Crippen molar-refractivity contribution in [1.82, 2.24) is 25.1 Å². The van der Waals surface area contributed by atoms with Crippen LogP contribution in [0.25, 0.3) is 16.5 Å². The summed E-state index contributed by atoms with van der Waals surface area (Å²) in [4.78, 5) is 9.00. The maximum Gasteiger partial charge on any atom is 0.228 e. The lowest BCUT2D eigenvalue weighted by molar-refractivity contribution is 0.149. The molecule has 1 aliphatic heterocycles. The van der Waals surface area contributed by atoms with Gasteiger partial charge in [-0.05, 0) is 54.3 Å². The summed E-state index contributed by atoms with van der Waals surface area (Å²) < 4.78 is 32.0. The largest absolute Gasteiger partial charge is 0.313 e. The Morgan fingerprint density at radius 2 is 2.14 bits per heavy atom. The van der Waals surface area contributed by atoms with Crippen LogP contribution in [0.3, 0.4) is 0 Å². The van der Waals surface area contributed by atoms with E-state index < -0.39 is 17.4 Å². The van der Waals surface area contributed by atoms with Crippen LogP contribution in [0.1, 0.15) is 29.9 Å². The Morgan fingerprint density at radius 1 is 1.29 bits per heavy atom. The number of nitrogens with one attached hydrogen (secondary N) is 2. The number of benzene rings is 2. The minimum absolute atomic E-state index is 0.0218. The lowest BCUT2D eigenvalue weighted by Crippen LogP contribution is -2.34. The summed E-state index contributed by atoms with van der Waals surface area (Å²) in [6.45, 7) is 5.05. The highest BCUT2D eigenvalue weighted by Crippen LogP contribution is 2.43. The molecule has 0 unspecified atom stereocenters. The van der Waals surface area contributed by atoms with Crippen LogP contribution < -0.4 is 10.6 Å². The number of rotatable bonds is 7. The Kier molecular flexibility index (Phi) is 6.25. The molecule has 2 N–H and O–H groups in total. The maximum atomic E-state index is 16.0. The van der Waals surface area contributed by atoms with Crippen LogP contribution in [0, 0.1) is 5.82 Å². The molecule has 1 fully saturated rings. The van der Waals surface area contributed by atoms with Gasteiger partial charge in [-0.3, -0.25) is 4.68 Å². The van der Waals surface area contributed by atoms with Gasteiger partial charge in [0.25, 0.3) is 0 Å². The number of hydrogen-bond donors (Lipinski definition) is 2. The minimum atomic E-state index is -1.51. The van der Waals surface area contributed by atoms with Gasteiger partial charge in [-0.1, -0.05) is 36.4 Å². The van der Waals surface area contributed by atoms with Crippen LogP contribution in [0.5, 0.6) is 0 Å². The number of alkyl halides is 1. The first-order valence-corrected chi connectivity index (χ1v) is 11.7. The second kappa shape index (κ2) is 9.36. The smallest absolute Gasteiger partial charge is 0.228 e. The maximum absolute atomic E-state index is 16.0. The lowest BCUT2D eigenvalue weighted by Gasteiger charge is -2.31. The van der Waals surface area contributed by atoms with Crippen molar-refractivity contribution in [3.63, 3.8) is 0 Å². The SMILES string of the molecule is C=C(C[C@@H](c1ccc(Cl)c(F)c1)[C@]1(F)CCNC1)c1ccc2cnc(Nc3ccnn3C)nc2c1. The summed E-state index contributed by atoms with van der Waals surface area (Å²) in [5.74, 6) is 0.0876. The molecule has 0 spiro atoms. The average molecular weight is 495 g/mol. The van der Waals surface area contributed by atoms with Gasteiger partial charge in [0.15, 0.2) is 0 Å². The minimum Gasteiger partial charge on any atom is -0.313 e. The van der Waals surface area contributed by atoms with Crippen LogP contribution >= 0.6 is 11.6 Å². The summed E-state index contributed by atoms with van der Waals surface area (Å²) >= 11 is 5.88. The van der Waals surface area contributed by atoms with Crippen molar-refractivity contribution in [1.29, 1.82) is 0 Å². The van der Waals surface area contributed by atoms with Crippen molar-refractivity contribution in [3.8, 4) is 0 Å². The fourth-order valence-electron chi connectivity index (χ4n) is 4.59. The standard InChI is InChI=1S/C26H25ClF2N6/c1-16(11-20(26(29)8-10-30-15-26)18-5-6-21(27)22(28)12-18)17-3-4-19-14-31-25(33-23(19)13-17)34-24-7-9-32-35(24)2/h3-7,9,12-14,20,30H,1,8,10-11,15H2,2H3,(H,31,33,34)/t20-,26-/m0/s1. The van der Waals surface area contributed by atoms with Gasteiger partial charge in [0.1, 0.15) is 17.3 Å². The van der Waals surface area contributed by atoms with Crippen molar-refractivity contribution in [2.24, 2.45) is 7.05 Å². The van der Waals surface area contributed by atoms with Gasteiger partial charge >= 0.3 is 0 Å². The highest BCUT2D eigenvalue weighted by Gasteiger charge is 2.43. The molecule has 3 heterocycles. The zero-order valence-electron chi connectivity index (χ0n) is 19.2. The van der Waals surface area contributed by atoms with Crippen LogP contribution in [0.4, 0.5) is 20.5 Å². The molecule has 2 atom stereocenters. The molecule has 1 aliphatic rings. The van der Waals surface area contributed by atoms with Gasteiger partial charge in [0, 0.05) is 37.2 Å². The number of aromatic nitrogens is 4. The van der Waals surface area contributed by atoms with E-state index in [-0.39, 0.29) is 11.6 Å². The predicted molar refractivity (Wildman–Crippen MR) is 135 cm³/mol. The molecular formula is C26H25ClF2N6. The topological polar surface area (TPSA) is 67.7 Å². The summed E-state index contributed by atoms with van der Waals surface area (Å²) in [6.07, 6.45) is 4.11. The Hall–Kier alpha value is -3.36. The molecule has 0 bridgehead atoms. The molecule has 9 heteroatoms. The van der Waals surface area contributed by atoms with E-state index in [9.17, 15) is 4.39 Å². The monoisotopic (exact) mass is 494 g/mol. The van der Waals surface area contributed by atoms with Gasteiger partial charge in [-0.2, -0.15) is 5.10 Å². The first kappa shape index (κ1) is 23.4. The fourth-order valence-corrected chi connectivity index (χ4v) is 4.70. The Balaban J connectivity index is 1.44. The van der Waals surface area contributed by atoms with Crippen LogP contribution in [0.2, 0.25) is 5.02 Å². The van der Waals surface area contributed by atoms with Gasteiger partial charge in [-0.15, -0.1) is 0 Å². The molecule has 0 radical (unpaired) electrons. The van der Waals surface area contributed by atoms with E-state index in [0.29, 0.717) is 30.9 Å². The third kappa shape index (κ3) is 4.76. The van der Waals surface area contributed by atoms with E-state index in [4.69, 9.17) is 11.6 Å². The normalized spacial score (nSPS) is 18.6. The molecule has 0 aliphatic carbocycles. The highest BCUT2D eigenvalue weighted by atomic mass is 35.5. The van der Waals surface area contributed by atoms with E-state index in [2.05, 4.69) is 32.3 Å². The zero-order valence-corrected chi connectivity index (χ0v) is 20.0. The number of fused-ring (bicyclic) bond motifs is 1. The van der Waals surface area contributed by atoms with E-state index >= 15 is 4.39 Å². The summed E-state index contributed by atoms with van der Waals surface area (Å²) in [5.41, 5.74) is 1.38. The van der Waals surface area contributed by atoms with Crippen molar-refractivity contribution in [3.05, 3.63) is 83.4 Å². The molecule has 0 saturated carbocycles. The number of anilines is 2. The van der Waals surface area contributed by atoms with Crippen molar-refractivity contribution < 1.29 is 8.78 Å². The lowest BCUT2D eigenvalue weighted by atomic mass is 9.78. The van der Waals surface area contributed by atoms with Gasteiger partial charge in [-0.25, -0.2) is 18.7 Å². The summed E-state index contributed by atoms with van der Waals surface area (Å²) in [5, 5.41) is 11.3. The predicted octanol–water partition coefficient (Wildman–Crippen LogP) is 5.79. The summed E-state index contributed by atoms with van der Waals surface area (Å²) in [6, 6.07) is 12.1. The van der Waals surface area contributed by atoms with E-state index in [1.54, 1.807) is 23.1 Å². The van der Waals surface area contributed by atoms with Crippen molar-refractivity contribution in [2.45, 2.75) is 24.4 Å². The van der Waals surface area contributed by atoms with E-state index in [1.807, 2.05) is 31.3 Å². The van der Waals surface area contributed by atoms with Crippen LogP contribution in [0.15, 0.2) is 61.4 Å².